The second-order valence-electron chi connectivity index (χ2n) is 10.5. The van der Waals surface area contributed by atoms with E-state index in [9.17, 15) is 30.4 Å². The number of halogens is 2. The van der Waals surface area contributed by atoms with Gasteiger partial charge in [-0.3, -0.25) is 9.36 Å². The van der Waals surface area contributed by atoms with Gasteiger partial charge in [-0.25, -0.2) is 31.5 Å². The van der Waals surface area contributed by atoms with Gasteiger partial charge in [-0.2, -0.15) is 13.4 Å². The molecule has 6 rings (SSSR count). The molecule has 1 N–H and O–H groups in total. The Bertz CT molecular complexity index is 2130. The third kappa shape index (κ3) is 6.20. The van der Waals surface area contributed by atoms with Gasteiger partial charge < -0.3 is 9.88 Å². The average molecular weight is 660 g/mol. The first-order chi connectivity index (χ1) is 21.4. The topological polar surface area (TPSA) is 167 Å². The number of hydrogen-bond acceptors (Lipinski definition) is 10. The molecule has 1 aliphatic heterocycles. The molecule has 0 atom stereocenters. The van der Waals surface area contributed by atoms with Crippen molar-refractivity contribution in [2.24, 2.45) is 0 Å². The van der Waals surface area contributed by atoms with Crippen LogP contribution in [0.15, 0.2) is 77.3 Å². The molecule has 5 aromatic rings. The molecule has 0 bridgehead atoms. The molecule has 0 radical (unpaired) electrons. The number of hydrogen-bond donors (Lipinski definition) is 1. The van der Waals surface area contributed by atoms with Crippen molar-refractivity contribution >= 4 is 37.0 Å². The fourth-order valence-electron chi connectivity index (χ4n) is 5.14. The highest BCUT2D eigenvalue weighted by Crippen LogP contribution is 2.23. The lowest BCUT2D eigenvalue weighted by atomic mass is 10.1. The number of fused-ring (bicyclic) bond motifs is 1. The van der Waals surface area contributed by atoms with E-state index >= 15 is 0 Å². The zero-order valence-corrected chi connectivity index (χ0v) is 25.4. The van der Waals surface area contributed by atoms with Crippen LogP contribution in [0, 0.1) is 0 Å². The fraction of sp³-hybridized carbons (Fsp3) is 0.296. The first-order valence-corrected chi connectivity index (χ1v) is 17.0. The molecule has 0 aliphatic carbocycles. The van der Waals surface area contributed by atoms with Crippen molar-refractivity contribution in [1.82, 2.24) is 37.6 Å². The van der Waals surface area contributed by atoms with Gasteiger partial charge in [-0.15, -0.1) is 9.19 Å². The minimum absolute atomic E-state index is 0.00367. The fourth-order valence-corrected chi connectivity index (χ4v) is 7.06. The smallest absolute Gasteiger partial charge is 0.285 e. The summed E-state index contributed by atoms with van der Waals surface area (Å²) in [6.07, 6.45) is 5.77. The molecule has 14 nitrogen and oxygen atoms in total. The van der Waals surface area contributed by atoms with Gasteiger partial charge in [0.15, 0.2) is 0 Å². The number of rotatable bonds is 9. The van der Waals surface area contributed by atoms with E-state index in [-0.39, 0.29) is 34.5 Å². The largest absolute Gasteiger partial charge is 0.351 e. The SMILES string of the molecule is CS(=O)(=O)N1CCC(Nc2ncc3cc(C(F)F)c(=O)n(Cc4ccc(-n5ccc(S(=O)(=O)n6cncn6)c5)cc4)c3n2)CC1. The molecule has 1 aromatic carbocycles. The number of sulfonamides is 1. The van der Waals surface area contributed by atoms with Crippen molar-refractivity contribution in [1.29, 1.82) is 0 Å². The number of piperidine rings is 1. The van der Waals surface area contributed by atoms with E-state index < -0.39 is 37.6 Å². The molecule has 0 saturated carbocycles. The van der Waals surface area contributed by atoms with Crippen molar-refractivity contribution in [3.05, 3.63) is 89.1 Å². The molecule has 236 valence electrons. The van der Waals surface area contributed by atoms with Crippen molar-refractivity contribution < 1.29 is 25.6 Å². The second-order valence-corrected chi connectivity index (χ2v) is 14.3. The van der Waals surface area contributed by atoms with Gasteiger partial charge in [0.1, 0.15) is 23.2 Å². The van der Waals surface area contributed by atoms with Crippen molar-refractivity contribution in [2.45, 2.75) is 36.7 Å². The minimum atomic E-state index is -3.91. The Morgan fingerprint density at radius 1 is 1.07 bits per heavy atom. The van der Waals surface area contributed by atoms with Gasteiger partial charge >= 0.3 is 0 Å². The summed E-state index contributed by atoms with van der Waals surface area (Å²) in [6, 6.07) is 9.20. The molecule has 45 heavy (non-hydrogen) atoms. The van der Waals surface area contributed by atoms with Crippen LogP contribution >= 0.6 is 0 Å². The van der Waals surface area contributed by atoms with Crippen molar-refractivity contribution in [3.63, 3.8) is 0 Å². The maximum Gasteiger partial charge on any atom is 0.285 e. The summed E-state index contributed by atoms with van der Waals surface area (Å²) in [5, 5.41) is 7.12. The maximum atomic E-state index is 13.8. The number of pyridine rings is 1. The molecule has 18 heteroatoms. The molecular formula is C27H27F2N9O5S2. The van der Waals surface area contributed by atoms with E-state index in [0.717, 1.165) is 22.8 Å². The Morgan fingerprint density at radius 3 is 2.44 bits per heavy atom. The summed E-state index contributed by atoms with van der Waals surface area (Å²) in [5.74, 6) is 0.192. The highest BCUT2D eigenvalue weighted by atomic mass is 32.2. The number of anilines is 1. The summed E-state index contributed by atoms with van der Waals surface area (Å²) in [7, 11) is -7.20. The zero-order valence-electron chi connectivity index (χ0n) is 23.7. The predicted molar refractivity (Wildman–Crippen MR) is 159 cm³/mol. The lowest BCUT2D eigenvalue weighted by Crippen LogP contribution is -2.42. The molecule has 4 aromatic heterocycles. The molecule has 1 aliphatic rings. The van der Waals surface area contributed by atoms with Crippen molar-refractivity contribution in [2.75, 3.05) is 24.7 Å². The Balaban J connectivity index is 1.26. The number of alkyl halides is 2. The average Bonchev–Trinajstić information content (AvgIpc) is 3.73. The first-order valence-electron chi connectivity index (χ1n) is 13.7. The van der Waals surface area contributed by atoms with Crippen LogP contribution in [0.4, 0.5) is 14.7 Å². The monoisotopic (exact) mass is 659 g/mol. The third-order valence-electron chi connectivity index (χ3n) is 7.53. The first kappa shape index (κ1) is 30.5. The van der Waals surface area contributed by atoms with Gasteiger partial charge in [0.25, 0.3) is 22.0 Å². The molecule has 1 fully saturated rings. The van der Waals surface area contributed by atoms with Crippen LogP contribution in [0.3, 0.4) is 0 Å². The number of benzene rings is 1. The predicted octanol–water partition coefficient (Wildman–Crippen LogP) is 2.23. The maximum absolute atomic E-state index is 13.8. The van der Waals surface area contributed by atoms with Crippen LogP contribution in [-0.2, 0) is 26.6 Å². The van der Waals surface area contributed by atoms with Gasteiger partial charge in [0.05, 0.1) is 18.4 Å². The van der Waals surface area contributed by atoms with Crippen LogP contribution in [0.5, 0.6) is 0 Å². The quantitative estimate of drug-likeness (QED) is 0.248. The van der Waals surface area contributed by atoms with E-state index in [2.05, 4.69) is 25.4 Å². The van der Waals surface area contributed by atoms with E-state index in [1.165, 1.54) is 33.6 Å². The Labute approximate surface area is 256 Å². The normalized spacial score (nSPS) is 15.2. The van der Waals surface area contributed by atoms with E-state index in [0.29, 0.717) is 37.2 Å². The highest BCUT2D eigenvalue weighted by Gasteiger charge is 2.26. The summed E-state index contributed by atoms with van der Waals surface area (Å²) in [6.45, 7) is 0.603. The molecule has 0 unspecified atom stereocenters. The van der Waals surface area contributed by atoms with Gasteiger partial charge in [0, 0.05) is 48.8 Å². The van der Waals surface area contributed by atoms with E-state index in [1.54, 1.807) is 35.0 Å². The number of aromatic nitrogens is 7. The summed E-state index contributed by atoms with van der Waals surface area (Å²) in [5.41, 5.74) is -0.176. The van der Waals surface area contributed by atoms with Crippen LogP contribution in [0.25, 0.3) is 16.7 Å². The van der Waals surface area contributed by atoms with E-state index in [4.69, 9.17) is 0 Å². The summed E-state index contributed by atoms with van der Waals surface area (Å²) < 4.78 is 81.7. The Morgan fingerprint density at radius 2 is 1.80 bits per heavy atom. The zero-order chi connectivity index (χ0) is 31.9. The van der Waals surface area contributed by atoms with Crippen LogP contribution in [0.2, 0.25) is 0 Å². The van der Waals surface area contributed by atoms with Gasteiger partial charge in [0.2, 0.25) is 16.0 Å². The number of nitrogens with zero attached hydrogens (tertiary/aromatic N) is 8. The van der Waals surface area contributed by atoms with Crippen LogP contribution in [0.1, 0.15) is 30.4 Å². The Hall–Kier alpha value is -4.55. The lowest BCUT2D eigenvalue weighted by Gasteiger charge is -2.30. The van der Waals surface area contributed by atoms with Gasteiger partial charge in [-0.05, 0) is 42.7 Å². The standard InChI is InChI=1S/C27H27F2N9O5S2/c1-44(40,41)36-10-6-20(7-11-36)33-27-31-13-19-12-23(24(28)29)26(39)37(25(19)34-27)14-18-2-4-21(5-3-18)35-9-8-22(15-35)45(42,43)38-17-30-16-32-38/h2-5,8-9,12-13,15-17,20,24H,6-7,10-11,14H2,1H3,(H,31,33,34). The molecule has 1 saturated heterocycles. The van der Waals surface area contributed by atoms with Crippen LogP contribution in [-0.4, -0.2) is 79.8 Å². The van der Waals surface area contributed by atoms with E-state index in [1.807, 2.05) is 0 Å². The number of nitrogens with one attached hydrogen (secondary N) is 1. The summed E-state index contributed by atoms with van der Waals surface area (Å²) in [4.78, 5) is 25.6. The van der Waals surface area contributed by atoms with Gasteiger partial charge in [-0.1, -0.05) is 12.1 Å². The van der Waals surface area contributed by atoms with Crippen molar-refractivity contribution in [3.8, 4) is 5.69 Å². The molecule has 0 amide bonds. The highest BCUT2D eigenvalue weighted by molar-refractivity contribution is 7.89. The summed E-state index contributed by atoms with van der Waals surface area (Å²) >= 11 is 0. The van der Waals surface area contributed by atoms with Crippen LogP contribution < -0.4 is 10.9 Å². The minimum Gasteiger partial charge on any atom is -0.351 e. The lowest BCUT2D eigenvalue weighted by molar-refractivity contribution is 0.149. The molecule has 0 spiro atoms. The second kappa shape index (κ2) is 11.8. The third-order valence-corrected chi connectivity index (χ3v) is 10.4. The molecule has 5 heterocycles. The molecular weight excluding hydrogens is 632 g/mol. The Kier molecular flexibility index (Phi) is 7.96.